The average Bonchev–Trinajstić information content (AvgIpc) is 2.39. The Morgan fingerprint density at radius 3 is 2.81 bits per heavy atom. The molecule has 0 spiro atoms. The van der Waals surface area contributed by atoms with Crippen LogP contribution < -0.4 is 10.1 Å². The molecule has 5 nitrogen and oxygen atoms in total. The van der Waals surface area contributed by atoms with E-state index < -0.39 is 17.5 Å². The van der Waals surface area contributed by atoms with Crippen molar-refractivity contribution in [1.82, 2.24) is 5.32 Å². The quantitative estimate of drug-likeness (QED) is 0.775. The van der Waals surface area contributed by atoms with Crippen molar-refractivity contribution >= 4 is 21.8 Å². The van der Waals surface area contributed by atoms with E-state index in [-0.39, 0.29) is 19.1 Å². The first-order valence-corrected chi connectivity index (χ1v) is 7.15. The van der Waals surface area contributed by atoms with E-state index in [1.165, 1.54) is 25.3 Å². The Hall–Kier alpha value is -1.18. The van der Waals surface area contributed by atoms with Gasteiger partial charge in [0.1, 0.15) is 17.2 Å². The molecule has 21 heavy (non-hydrogen) atoms. The Kier molecular flexibility index (Phi) is 6.57. The number of hydrogen-bond donors (Lipinski definition) is 2. The van der Waals surface area contributed by atoms with Crippen molar-refractivity contribution < 1.29 is 23.8 Å². The maximum Gasteiger partial charge on any atom is 0.260 e. The van der Waals surface area contributed by atoms with E-state index in [1.54, 1.807) is 13.8 Å². The highest BCUT2D eigenvalue weighted by atomic mass is 79.9. The van der Waals surface area contributed by atoms with Crippen molar-refractivity contribution in [1.29, 1.82) is 0 Å². The Bertz CT molecular complexity index is 496. The van der Waals surface area contributed by atoms with Crippen LogP contribution in [0.3, 0.4) is 0 Å². The highest BCUT2D eigenvalue weighted by molar-refractivity contribution is 9.10. The van der Waals surface area contributed by atoms with Gasteiger partial charge in [0.15, 0.2) is 6.10 Å². The first kappa shape index (κ1) is 17.9. The zero-order valence-electron chi connectivity index (χ0n) is 12.2. The number of aliphatic hydroxyl groups is 1. The molecule has 1 amide bonds. The monoisotopic (exact) mass is 363 g/mol. The Morgan fingerprint density at radius 1 is 1.57 bits per heavy atom. The molecular weight excluding hydrogens is 345 g/mol. The van der Waals surface area contributed by atoms with Crippen molar-refractivity contribution in [2.45, 2.75) is 25.6 Å². The van der Waals surface area contributed by atoms with E-state index in [9.17, 15) is 14.3 Å². The van der Waals surface area contributed by atoms with Crippen molar-refractivity contribution in [2.75, 3.05) is 20.3 Å². The molecule has 2 N–H and O–H groups in total. The molecule has 0 aliphatic rings. The molecule has 0 aliphatic carbocycles. The molecule has 0 fully saturated rings. The van der Waals surface area contributed by atoms with Crippen LogP contribution in [0.5, 0.6) is 5.75 Å². The van der Waals surface area contributed by atoms with Crippen LogP contribution in [0.1, 0.15) is 13.8 Å². The van der Waals surface area contributed by atoms with Crippen LogP contribution >= 0.6 is 15.9 Å². The van der Waals surface area contributed by atoms with Gasteiger partial charge >= 0.3 is 0 Å². The maximum atomic E-state index is 13.0. The molecule has 0 heterocycles. The summed E-state index contributed by atoms with van der Waals surface area (Å²) in [6.07, 6.45) is -0.787. The van der Waals surface area contributed by atoms with Gasteiger partial charge in [0.25, 0.3) is 5.91 Å². The van der Waals surface area contributed by atoms with Crippen LogP contribution in [0.2, 0.25) is 0 Å². The number of methoxy groups -OCH3 is 1. The van der Waals surface area contributed by atoms with Crippen molar-refractivity contribution in [3.05, 3.63) is 28.5 Å². The van der Waals surface area contributed by atoms with E-state index in [1.807, 2.05) is 0 Å². The zero-order chi connectivity index (χ0) is 16.0. The van der Waals surface area contributed by atoms with Crippen LogP contribution in [-0.2, 0) is 9.53 Å². The number of halogens is 2. The molecule has 0 bridgehead atoms. The van der Waals surface area contributed by atoms with Crippen LogP contribution in [-0.4, -0.2) is 43.0 Å². The summed E-state index contributed by atoms with van der Waals surface area (Å²) in [5.74, 6) is -0.424. The molecular formula is C14H19BrFNO4. The lowest BCUT2D eigenvalue weighted by atomic mass is 10.1. The van der Waals surface area contributed by atoms with Gasteiger partial charge < -0.3 is 19.9 Å². The lowest BCUT2D eigenvalue weighted by molar-refractivity contribution is -0.128. The Labute approximate surface area is 131 Å². The predicted molar refractivity (Wildman–Crippen MR) is 79.7 cm³/mol. The summed E-state index contributed by atoms with van der Waals surface area (Å²) in [7, 11) is 1.47. The number of amides is 1. The topological polar surface area (TPSA) is 67.8 Å². The minimum Gasteiger partial charge on any atom is -0.480 e. The highest BCUT2D eigenvalue weighted by Gasteiger charge is 2.23. The minimum absolute atomic E-state index is 0.0396. The largest absolute Gasteiger partial charge is 0.480 e. The van der Waals surface area contributed by atoms with Gasteiger partial charge in [-0.25, -0.2) is 4.39 Å². The minimum atomic E-state index is -1.15. The Morgan fingerprint density at radius 2 is 2.24 bits per heavy atom. The fraction of sp³-hybridized carbons (Fsp3) is 0.500. The van der Waals surface area contributed by atoms with Gasteiger partial charge in [0.2, 0.25) is 0 Å². The summed E-state index contributed by atoms with van der Waals surface area (Å²) in [5.41, 5.74) is -1.15. The molecule has 2 atom stereocenters. The molecule has 1 aromatic carbocycles. The Balaban J connectivity index is 2.55. The second kappa shape index (κ2) is 7.72. The van der Waals surface area contributed by atoms with E-state index >= 15 is 0 Å². The zero-order valence-corrected chi connectivity index (χ0v) is 13.7. The first-order valence-electron chi connectivity index (χ1n) is 6.36. The third-order valence-electron chi connectivity index (χ3n) is 2.67. The second-order valence-electron chi connectivity index (χ2n) is 4.98. The average molecular weight is 364 g/mol. The van der Waals surface area contributed by atoms with E-state index in [4.69, 9.17) is 9.47 Å². The molecule has 1 aromatic rings. The van der Waals surface area contributed by atoms with Gasteiger partial charge in [0, 0.05) is 13.7 Å². The van der Waals surface area contributed by atoms with Gasteiger partial charge in [-0.15, -0.1) is 0 Å². The normalized spacial score (nSPS) is 15.1. The summed E-state index contributed by atoms with van der Waals surface area (Å²) >= 11 is 3.16. The SMILES string of the molecule is COC[C@](C)(O)CNC(=O)[C@H](C)Oc1ccc(F)cc1Br. The number of carbonyl (C=O) groups is 1. The van der Waals surface area contributed by atoms with E-state index in [2.05, 4.69) is 21.2 Å². The molecule has 1 rings (SSSR count). The summed E-state index contributed by atoms with van der Waals surface area (Å²) < 4.78 is 23.7. The molecule has 0 aliphatic heterocycles. The van der Waals surface area contributed by atoms with Gasteiger partial charge in [-0.1, -0.05) is 0 Å². The fourth-order valence-electron chi connectivity index (χ4n) is 1.60. The van der Waals surface area contributed by atoms with Crippen molar-refractivity contribution in [3.63, 3.8) is 0 Å². The summed E-state index contributed by atoms with van der Waals surface area (Å²) in [5, 5.41) is 12.5. The number of benzene rings is 1. The van der Waals surface area contributed by atoms with Crippen molar-refractivity contribution in [3.8, 4) is 5.75 Å². The number of nitrogens with one attached hydrogen (secondary N) is 1. The van der Waals surface area contributed by atoms with Crippen LogP contribution in [0.25, 0.3) is 0 Å². The molecule has 118 valence electrons. The second-order valence-corrected chi connectivity index (χ2v) is 5.84. The first-order chi connectivity index (χ1) is 9.75. The van der Waals surface area contributed by atoms with E-state index in [0.717, 1.165) is 0 Å². The summed E-state index contributed by atoms with van der Waals surface area (Å²) in [6.45, 7) is 3.26. The molecule has 7 heteroatoms. The number of carbonyl (C=O) groups excluding carboxylic acids is 1. The standard InChI is InChI=1S/C14H19BrFNO4/c1-9(13(18)17-7-14(2,19)8-20-3)21-12-5-4-10(16)6-11(12)15/h4-6,9,19H,7-8H2,1-3H3,(H,17,18)/t9-,14+/m0/s1. The fourth-order valence-corrected chi connectivity index (χ4v) is 2.04. The molecule has 0 unspecified atom stereocenters. The summed E-state index contributed by atoms with van der Waals surface area (Å²) in [6, 6.07) is 3.93. The van der Waals surface area contributed by atoms with Gasteiger partial charge in [-0.2, -0.15) is 0 Å². The lowest BCUT2D eigenvalue weighted by Crippen LogP contribution is -2.47. The highest BCUT2D eigenvalue weighted by Crippen LogP contribution is 2.26. The van der Waals surface area contributed by atoms with Crippen LogP contribution in [0.4, 0.5) is 4.39 Å². The molecule has 0 saturated heterocycles. The lowest BCUT2D eigenvalue weighted by Gasteiger charge is -2.24. The van der Waals surface area contributed by atoms with Gasteiger partial charge in [-0.3, -0.25) is 4.79 Å². The molecule has 0 aromatic heterocycles. The van der Waals surface area contributed by atoms with E-state index in [0.29, 0.717) is 10.2 Å². The number of rotatable bonds is 7. The van der Waals surface area contributed by atoms with Crippen LogP contribution in [0.15, 0.2) is 22.7 Å². The molecule has 0 radical (unpaired) electrons. The third-order valence-corrected chi connectivity index (χ3v) is 3.29. The number of ether oxygens (including phenoxy) is 2. The van der Waals surface area contributed by atoms with Gasteiger partial charge in [0.05, 0.1) is 11.1 Å². The third kappa shape index (κ3) is 5.99. The maximum absolute atomic E-state index is 13.0. The predicted octanol–water partition coefficient (Wildman–Crippen LogP) is 1.87. The summed E-state index contributed by atoms with van der Waals surface area (Å²) in [4.78, 5) is 11.9. The van der Waals surface area contributed by atoms with Crippen molar-refractivity contribution in [2.24, 2.45) is 0 Å². The molecule has 0 saturated carbocycles. The van der Waals surface area contributed by atoms with Gasteiger partial charge in [-0.05, 0) is 48.0 Å². The smallest absolute Gasteiger partial charge is 0.260 e. The number of hydrogen-bond acceptors (Lipinski definition) is 4. The van der Waals surface area contributed by atoms with Crippen LogP contribution in [0, 0.1) is 5.82 Å².